The van der Waals surface area contributed by atoms with Crippen LogP contribution in [0, 0.1) is 27.7 Å². The quantitative estimate of drug-likeness (QED) is 0.0591. The van der Waals surface area contributed by atoms with Crippen LogP contribution in [0.15, 0.2) is 8.83 Å². The molecule has 1 atom stereocenters. The number of aliphatic hydroxyl groups is 1. The third-order valence-corrected chi connectivity index (χ3v) is 10.8. The second-order valence-corrected chi connectivity index (χ2v) is 15.2. The predicted octanol–water partition coefficient (Wildman–Crippen LogP) is 12.0. The van der Waals surface area contributed by atoms with Gasteiger partial charge < -0.3 is 23.4 Å². The first kappa shape index (κ1) is 45.6. The molecule has 52 heavy (non-hydrogen) atoms. The number of ether oxygens (including phenoxy) is 2. The van der Waals surface area contributed by atoms with Crippen molar-refractivity contribution in [2.75, 3.05) is 13.2 Å². The van der Waals surface area contributed by atoms with Crippen molar-refractivity contribution < 1.29 is 33.0 Å². The largest absolute Gasteiger partial charge is 0.466 e. The number of esters is 2. The van der Waals surface area contributed by atoms with Gasteiger partial charge in [0.25, 0.3) is 0 Å². The number of carbonyl (C=O) groups excluding carboxylic acids is 2. The van der Waals surface area contributed by atoms with E-state index in [1.807, 2.05) is 0 Å². The normalized spacial score (nSPS) is 12.1. The van der Waals surface area contributed by atoms with Crippen molar-refractivity contribution >= 4 is 11.9 Å². The average Bonchev–Trinajstić information content (AvgIpc) is 3.56. The average molecular weight is 729 g/mol. The number of unbranched alkanes of at least 4 members (excludes halogenated alkanes) is 16. The van der Waals surface area contributed by atoms with Crippen LogP contribution >= 0.6 is 0 Å². The van der Waals surface area contributed by atoms with Crippen LogP contribution in [0.25, 0.3) is 0 Å². The molecule has 0 aromatic carbocycles. The lowest BCUT2D eigenvalue weighted by molar-refractivity contribution is -0.161. The van der Waals surface area contributed by atoms with E-state index in [1.54, 1.807) is 0 Å². The number of furan rings is 2. The van der Waals surface area contributed by atoms with E-state index in [9.17, 15) is 14.7 Å². The third-order valence-electron chi connectivity index (χ3n) is 10.8. The molecule has 2 aromatic heterocycles. The molecule has 0 aliphatic heterocycles. The number of hydrogen-bond acceptors (Lipinski definition) is 7. The molecule has 2 aromatic rings. The van der Waals surface area contributed by atoms with Crippen molar-refractivity contribution in [3.63, 3.8) is 0 Å². The van der Waals surface area contributed by atoms with Crippen LogP contribution < -0.4 is 0 Å². The van der Waals surface area contributed by atoms with Crippen LogP contribution in [0.3, 0.4) is 0 Å². The molecule has 0 radical (unpaired) electrons. The minimum atomic E-state index is -0.799. The molecular formula is C45H76O7. The first-order chi connectivity index (χ1) is 25.2. The van der Waals surface area contributed by atoms with Gasteiger partial charge in [-0.05, 0) is 88.5 Å². The van der Waals surface area contributed by atoms with Gasteiger partial charge in [-0.3, -0.25) is 9.59 Å². The van der Waals surface area contributed by atoms with Gasteiger partial charge in [-0.25, -0.2) is 0 Å². The molecule has 0 spiro atoms. The molecule has 1 N–H and O–H groups in total. The summed E-state index contributed by atoms with van der Waals surface area (Å²) in [5, 5.41) is 9.63. The first-order valence-electron chi connectivity index (χ1n) is 21.3. The van der Waals surface area contributed by atoms with E-state index in [4.69, 9.17) is 18.3 Å². The molecule has 0 aliphatic rings. The second kappa shape index (κ2) is 28.0. The predicted molar refractivity (Wildman–Crippen MR) is 212 cm³/mol. The Bertz CT molecular complexity index is 1240. The lowest BCUT2D eigenvalue weighted by Gasteiger charge is -2.15. The highest BCUT2D eigenvalue weighted by atomic mass is 16.6. The monoisotopic (exact) mass is 729 g/mol. The van der Waals surface area contributed by atoms with Gasteiger partial charge in [0.05, 0.1) is 6.61 Å². The number of aliphatic hydroxyl groups excluding tert-OH is 1. The number of aryl methyl sites for hydroxylation is 4. The van der Waals surface area contributed by atoms with Crippen molar-refractivity contribution in [2.24, 2.45) is 0 Å². The molecule has 0 saturated carbocycles. The van der Waals surface area contributed by atoms with Crippen LogP contribution in [-0.2, 0) is 44.7 Å². The molecule has 0 bridgehead atoms. The maximum absolute atomic E-state index is 12.3. The molecule has 0 saturated heterocycles. The van der Waals surface area contributed by atoms with E-state index in [-0.39, 0.29) is 25.2 Å². The van der Waals surface area contributed by atoms with Crippen LogP contribution in [0.1, 0.15) is 200 Å². The van der Waals surface area contributed by atoms with Gasteiger partial charge in [0, 0.05) is 38.5 Å². The molecule has 0 unspecified atom stereocenters. The van der Waals surface area contributed by atoms with E-state index in [1.165, 1.54) is 110 Å². The van der Waals surface area contributed by atoms with Gasteiger partial charge in [-0.1, -0.05) is 104 Å². The van der Waals surface area contributed by atoms with Gasteiger partial charge >= 0.3 is 11.9 Å². The Balaban J connectivity index is 1.43. The Morgan fingerprint density at radius 2 is 0.827 bits per heavy atom. The highest BCUT2D eigenvalue weighted by Gasteiger charge is 2.17. The van der Waals surface area contributed by atoms with E-state index >= 15 is 0 Å². The van der Waals surface area contributed by atoms with E-state index < -0.39 is 6.10 Å². The van der Waals surface area contributed by atoms with Crippen LogP contribution in [0.5, 0.6) is 0 Å². The van der Waals surface area contributed by atoms with Crippen LogP contribution in [-0.4, -0.2) is 36.4 Å². The Hall–Kier alpha value is -2.54. The summed E-state index contributed by atoms with van der Waals surface area (Å²) in [4.78, 5) is 24.5. The van der Waals surface area contributed by atoms with E-state index in [0.717, 1.165) is 89.2 Å². The molecule has 7 heteroatoms. The zero-order chi connectivity index (χ0) is 38.0. The molecule has 298 valence electrons. The molecule has 0 aliphatic carbocycles. The maximum atomic E-state index is 12.3. The lowest BCUT2D eigenvalue weighted by atomic mass is 10.0. The standard InChI is InChI=1S/C45H76O7/c1-7-9-21-27-40-35(3)37(5)42(51-40)29-23-17-13-11-12-14-20-26-32-45(48)50-39(33-46)34-49-44(47)31-25-19-16-15-18-24-30-43-38(6)36(4)41(52-43)28-22-10-8-2/h39,46H,7-34H2,1-6H3/t39-/m0/s1. The second-order valence-electron chi connectivity index (χ2n) is 15.2. The smallest absolute Gasteiger partial charge is 0.306 e. The fourth-order valence-electron chi connectivity index (χ4n) is 6.97. The summed E-state index contributed by atoms with van der Waals surface area (Å²) in [6.45, 7) is 12.8. The number of hydrogen-bond donors (Lipinski definition) is 1. The van der Waals surface area contributed by atoms with Gasteiger partial charge in [0.15, 0.2) is 6.10 Å². The minimum absolute atomic E-state index is 0.0910. The van der Waals surface area contributed by atoms with Crippen LogP contribution in [0.2, 0.25) is 0 Å². The fraction of sp³-hybridized carbons (Fsp3) is 0.778. The highest BCUT2D eigenvalue weighted by molar-refractivity contribution is 5.70. The Labute approximate surface area is 317 Å². The zero-order valence-corrected chi connectivity index (χ0v) is 34.3. The zero-order valence-electron chi connectivity index (χ0n) is 34.3. The number of carbonyl (C=O) groups is 2. The molecule has 2 heterocycles. The van der Waals surface area contributed by atoms with Crippen molar-refractivity contribution in [3.8, 4) is 0 Å². The maximum Gasteiger partial charge on any atom is 0.306 e. The Morgan fingerprint density at radius 3 is 1.19 bits per heavy atom. The summed E-state index contributed by atoms with van der Waals surface area (Å²) >= 11 is 0. The van der Waals surface area contributed by atoms with E-state index in [2.05, 4.69) is 41.5 Å². The van der Waals surface area contributed by atoms with Crippen molar-refractivity contribution in [3.05, 3.63) is 45.3 Å². The number of rotatable bonds is 32. The summed E-state index contributed by atoms with van der Waals surface area (Å²) in [5.74, 6) is 4.07. The topological polar surface area (TPSA) is 99.1 Å². The summed E-state index contributed by atoms with van der Waals surface area (Å²) < 4.78 is 23.1. The minimum Gasteiger partial charge on any atom is -0.466 e. The third kappa shape index (κ3) is 18.5. The molecule has 7 nitrogen and oxygen atoms in total. The molecular weight excluding hydrogens is 652 g/mol. The Kier molecular flexibility index (Phi) is 24.5. The van der Waals surface area contributed by atoms with Gasteiger partial charge in [0.1, 0.15) is 29.6 Å². The Morgan fingerprint density at radius 1 is 0.500 bits per heavy atom. The lowest BCUT2D eigenvalue weighted by Crippen LogP contribution is -2.28. The van der Waals surface area contributed by atoms with Gasteiger partial charge in [-0.15, -0.1) is 0 Å². The summed E-state index contributed by atoms with van der Waals surface area (Å²) in [7, 11) is 0. The molecule has 0 fully saturated rings. The molecule has 0 amide bonds. The summed E-state index contributed by atoms with van der Waals surface area (Å²) in [5.41, 5.74) is 5.35. The summed E-state index contributed by atoms with van der Waals surface area (Å²) in [6.07, 6.45) is 26.6. The van der Waals surface area contributed by atoms with Gasteiger partial charge in [-0.2, -0.15) is 0 Å². The first-order valence-corrected chi connectivity index (χ1v) is 21.3. The molecule has 2 rings (SSSR count). The SMILES string of the molecule is CCCCCc1oc(CCCCCCCCCCC(=O)O[C@@H](CO)COC(=O)CCCCCCCCc2oc(CCCCC)c(C)c2C)c(C)c1C. The fourth-order valence-corrected chi connectivity index (χ4v) is 6.97. The highest BCUT2D eigenvalue weighted by Crippen LogP contribution is 2.26. The van der Waals surface area contributed by atoms with Crippen molar-refractivity contribution in [2.45, 2.75) is 215 Å². The van der Waals surface area contributed by atoms with Crippen molar-refractivity contribution in [1.29, 1.82) is 0 Å². The van der Waals surface area contributed by atoms with E-state index in [0.29, 0.717) is 12.8 Å². The van der Waals surface area contributed by atoms with Gasteiger partial charge in [0.2, 0.25) is 0 Å². The summed E-state index contributed by atoms with van der Waals surface area (Å²) in [6, 6.07) is 0. The van der Waals surface area contributed by atoms with Crippen molar-refractivity contribution in [1.82, 2.24) is 0 Å². The van der Waals surface area contributed by atoms with Crippen LogP contribution in [0.4, 0.5) is 0 Å².